The molecule has 0 unspecified atom stereocenters. The summed E-state index contributed by atoms with van der Waals surface area (Å²) in [6, 6.07) is 11.4. The largest absolute Gasteiger partial charge is 0.339 e. The molecule has 10 heavy (non-hydrogen) atoms. The van der Waals surface area contributed by atoms with Crippen molar-refractivity contribution in [2.24, 2.45) is 0 Å². The van der Waals surface area contributed by atoms with Gasteiger partial charge in [0, 0.05) is 5.56 Å². The Morgan fingerprint density at radius 3 is 2.40 bits per heavy atom. The lowest BCUT2D eigenvalue weighted by molar-refractivity contribution is -0.406. The molecular weight excluding hydrogens is 124 g/mol. The first kappa shape index (κ1) is 6.79. The Kier molecular flexibility index (Phi) is 2.03. The molecule has 0 saturated heterocycles. The Balaban J connectivity index is 2.88. The highest BCUT2D eigenvalue weighted by Gasteiger charge is 2.04. The molecule has 3 N–H and O–H groups in total. The zero-order valence-corrected chi connectivity index (χ0v) is 5.62. The van der Waals surface area contributed by atoms with E-state index >= 15 is 0 Å². The average Bonchev–Trinajstić information content (AvgIpc) is 2.05. The van der Waals surface area contributed by atoms with Crippen molar-refractivity contribution in [1.82, 2.24) is 0 Å². The number of hydrogen-bond donors (Lipinski definition) is 1. The summed E-state index contributed by atoms with van der Waals surface area (Å²) in [6.07, 6.45) is 0. The molecule has 0 amide bonds. The van der Waals surface area contributed by atoms with Crippen LogP contribution in [0.1, 0.15) is 11.6 Å². The fraction of sp³-hybridized carbons (Fsp3) is 0.125. The fourth-order valence-corrected chi connectivity index (χ4v) is 0.760. The maximum Gasteiger partial charge on any atom is 0.197 e. The second-order valence-corrected chi connectivity index (χ2v) is 2.09. The molecule has 1 rings (SSSR count). The van der Waals surface area contributed by atoms with E-state index in [4.69, 9.17) is 5.26 Å². The molecule has 0 heterocycles. The molecule has 0 aliphatic heterocycles. The smallest absolute Gasteiger partial charge is 0.197 e. The molecule has 0 aliphatic carbocycles. The topological polar surface area (TPSA) is 51.4 Å². The maximum atomic E-state index is 8.48. The molecule has 1 atom stereocenters. The molecule has 50 valence electrons. The highest BCUT2D eigenvalue weighted by molar-refractivity contribution is 5.20. The zero-order chi connectivity index (χ0) is 7.40. The normalized spacial score (nSPS) is 12.0. The van der Waals surface area contributed by atoms with Gasteiger partial charge in [0.25, 0.3) is 0 Å². The molecule has 0 bridgehead atoms. The van der Waals surface area contributed by atoms with Crippen LogP contribution in [0.25, 0.3) is 0 Å². The molecule has 2 nitrogen and oxygen atoms in total. The van der Waals surface area contributed by atoms with E-state index < -0.39 is 0 Å². The third-order valence-corrected chi connectivity index (χ3v) is 1.36. The minimum Gasteiger partial charge on any atom is -0.339 e. The molecule has 0 spiro atoms. The van der Waals surface area contributed by atoms with E-state index in [9.17, 15) is 0 Å². The first-order valence-corrected chi connectivity index (χ1v) is 3.12. The van der Waals surface area contributed by atoms with E-state index in [1.807, 2.05) is 30.3 Å². The van der Waals surface area contributed by atoms with Crippen LogP contribution in [0.15, 0.2) is 30.3 Å². The van der Waals surface area contributed by atoms with Crippen LogP contribution < -0.4 is 5.73 Å². The Hall–Kier alpha value is -1.33. The summed E-state index contributed by atoms with van der Waals surface area (Å²) in [5.74, 6) is 0. The van der Waals surface area contributed by atoms with Crippen LogP contribution in [-0.2, 0) is 0 Å². The third-order valence-electron chi connectivity index (χ3n) is 1.36. The number of rotatable bonds is 1. The quantitative estimate of drug-likeness (QED) is 0.595. The molecule has 0 fully saturated rings. The van der Waals surface area contributed by atoms with Crippen molar-refractivity contribution in [2.45, 2.75) is 6.04 Å². The van der Waals surface area contributed by atoms with Gasteiger partial charge in [-0.1, -0.05) is 30.3 Å². The van der Waals surface area contributed by atoms with Crippen molar-refractivity contribution in [1.29, 1.82) is 5.26 Å². The van der Waals surface area contributed by atoms with Crippen molar-refractivity contribution in [2.75, 3.05) is 0 Å². The molecule has 2 heteroatoms. The predicted molar refractivity (Wildman–Crippen MR) is 37.7 cm³/mol. The van der Waals surface area contributed by atoms with E-state index in [0.29, 0.717) is 0 Å². The van der Waals surface area contributed by atoms with Crippen LogP contribution in [0, 0.1) is 11.3 Å². The van der Waals surface area contributed by atoms with Crippen LogP contribution in [0.5, 0.6) is 0 Å². The summed E-state index contributed by atoms with van der Waals surface area (Å²) >= 11 is 0. The van der Waals surface area contributed by atoms with E-state index in [1.54, 1.807) is 0 Å². The number of benzene rings is 1. The fourth-order valence-electron chi connectivity index (χ4n) is 0.760. The lowest BCUT2D eigenvalue weighted by Crippen LogP contribution is -2.52. The second-order valence-electron chi connectivity index (χ2n) is 2.09. The molecule has 1 aromatic rings. The van der Waals surface area contributed by atoms with Crippen LogP contribution >= 0.6 is 0 Å². The number of quaternary nitrogens is 1. The van der Waals surface area contributed by atoms with Crippen LogP contribution in [0.4, 0.5) is 0 Å². The maximum absolute atomic E-state index is 8.48. The van der Waals surface area contributed by atoms with Crippen molar-refractivity contribution in [3.63, 3.8) is 0 Å². The number of nitriles is 1. The summed E-state index contributed by atoms with van der Waals surface area (Å²) in [4.78, 5) is 0. The van der Waals surface area contributed by atoms with E-state index in [1.165, 1.54) is 0 Å². The van der Waals surface area contributed by atoms with Gasteiger partial charge in [-0.2, -0.15) is 5.26 Å². The zero-order valence-electron chi connectivity index (χ0n) is 5.62. The molecule has 0 aromatic heterocycles. The van der Waals surface area contributed by atoms with Gasteiger partial charge in [-0.3, -0.25) is 0 Å². The van der Waals surface area contributed by atoms with Crippen molar-refractivity contribution < 1.29 is 5.73 Å². The Labute approximate surface area is 59.9 Å². The minimum absolute atomic E-state index is 0.235. The van der Waals surface area contributed by atoms with E-state index in [2.05, 4.69) is 11.8 Å². The first-order valence-electron chi connectivity index (χ1n) is 3.12. The standard InChI is InChI=1S/C8H8N2/c9-6-8(10)7-4-2-1-3-5-7/h1-5,8H,10H2/p+1/t8-/m0/s1. The second kappa shape index (κ2) is 3.00. The molecule has 1 aromatic carbocycles. The third kappa shape index (κ3) is 1.34. The number of nitrogens with zero attached hydrogens (tertiary/aromatic N) is 1. The van der Waals surface area contributed by atoms with Crippen molar-refractivity contribution in [3.8, 4) is 6.07 Å². The van der Waals surface area contributed by atoms with Gasteiger partial charge in [-0.25, -0.2) is 0 Å². The summed E-state index contributed by atoms with van der Waals surface area (Å²) in [5.41, 5.74) is 4.64. The van der Waals surface area contributed by atoms with Gasteiger partial charge in [0.1, 0.15) is 6.07 Å². The summed E-state index contributed by atoms with van der Waals surface area (Å²) in [6.45, 7) is 0. The van der Waals surface area contributed by atoms with Gasteiger partial charge >= 0.3 is 0 Å². The lowest BCUT2D eigenvalue weighted by Gasteiger charge is -1.96. The average molecular weight is 133 g/mol. The van der Waals surface area contributed by atoms with Crippen molar-refractivity contribution in [3.05, 3.63) is 35.9 Å². The van der Waals surface area contributed by atoms with Gasteiger partial charge in [0.05, 0.1) is 0 Å². The first-order chi connectivity index (χ1) is 4.84. The molecule has 0 saturated carbocycles. The SMILES string of the molecule is N#C[C@H]([NH3+])c1ccccc1. The summed E-state index contributed by atoms with van der Waals surface area (Å²) < 4.78 is 0. The van der Waals surface area contributed by atoms with E-state index in [0.717, 1.165) is 5.56 Å². The van der Waals surface area contributed by atoms with Gasteiger partial charge in [-0.05, 0) is 0 Å². The number of hydrogen-bond acceptors (Lipinski definition) is 1. The van der Waals surface area contributed by atoms with E-state index in [-0.39, 0.29) is 6.04 Å². The Bertz CT molecular complexity index is 235. The van der Waals surface area contributed by atoms with Crippen molar-refractivity contribution >= 4 is 0 Å². The molecule has 0 aliphatic rings. The Morgan fingerprint density at radius 1 is 1.30 bits per heavy atom. The molecular formula is C8H9N2+. The van der Waals surface area contributed by atoms with Gasteiger partial charge in [0.15, 0.2) is 6.04 Å². The van der Waals surface area contributed by atoms with Gasteiger partial charge < -0.3 is 5.73 Å². The summed E-state index contributed by atoms with van der Waals surface area (Å²) in [7, 11) is 0. The van der Waals surface area contributed by atoms with Gasteiger partial charge in [0.2, 0.25) is 0 Å². The minimum atomic E-state index is -0.235. The summed E-state index contributed by atoms with van der Waals surface area (Å²) in [5, 5.41) is 8.48. The Morgan fingerprint density at radius 2 is 1.90 bits per heavy atom. The van der Waals surface area contributed by atoms with Gasteiger partial charge in [-0.15, -0.1) is 0 Å². The highest BCUT2D eigenvalue weighted by atomic mass is 14.6. The van der Waals surface area contributed by atoms with Crippen LogP contribution in [0.2, 0.25) is 0 Å². The highest BCUT2D eigenvalue weighted by Crippen LogP contribution is 2.04. The predicted octanol–water partition coefficient (Wildman–Crippen LogP) is 0.493. The molecule has 0 radical (unpaired) electrons. The lowest BCUT2D eigenvalue weighted by atomic mass is 10.1. The van der Waals surface area contributed by atoms with Crippen LogP contribution in [0.3, 0.4) is 0 Å². The monoisotopic (exact) mass is 133 g/mol. The van der Waals surface area contributed by atoms with Crippen LogP contribution in [-0.4, -0.2) is 0 Å².